The predicted molar refractivity (Wildman–Crippen MR) is 146 cm³/mol. The van der Waals surface area contributed by atoms with Crippen molar-refractivity contribution in [2.75, 3.05) is 5.75 Å². The summed E-state index contributed by atoms with van der Waals surface area (Å²) >= 11 is 1.46. The Morgan fingerprint density at radius 1 is 0.857 bits per heavy atom. The Morgan fingerprint density at radius 3 is 2.00 bits per heavy atom. The molecule has 0 unspecified atom stereocenters. The van der Waals surface area contributed by atoms with Crippen LogP contribution in [0.5, 0.6) is 0 Å². The Kier molecular flexibility index (Phi) is 7.46. The number of imidazole rings is 1. The second-order valence-electron chi connectivity index (χ2n) is 9.92. The van der Waals surface area contributed by atoms with Crippen LogP contribution in [0.2, 0.25) is 0 Å². The molecule has 180 valence electrons. The zero-order valence-electron chi connectivity index (χ0n) is 21.1. The second-order valence-corrected chi connectivity index (χ2v) is 10.9. The van der Waals surface area contributed by atoms with Gasteiger partial charge >= 0.3 is 0 Å². The van der Waals surface area contributed by atoms with Crippen molar-refractivity contribution in [1.29, 1.82) is 0 Å². The van der Waals surface area contributed by atoms with Crippen LogP contribution in [0.15, 0.2) is 84.0 Å². The van der Waals surface area contributed by atoms with Crippen LogP contribution in [0.4, 0.5) is 0 Å². The highest BCUT2D eigenvalue weighted by Crippen LogP contribution is 2.33. The standard InChI is InChI=1S/C30H33N3OS/c1-21-11-15-24(16-12-21)27-28(25-17-13-22(2)14-18-25)32-29(31-27)35-20-26(34)33(30(3,4)5)19-23-9-7-6-8-10-23/h6-18H,19-20H2,1-5H3,(H,31,32). The van der Waals surface area contributed by atoms with Gasteiger partial charge in [0.15, 0.2) is 5.16 Å². The second kappa shape index (κ2) is 10.5. The molecule has 0 atom stereocenters. The molecule has 0 aliphatic carbocycles. The maximum Gasteiger partial charge on any atom is 0.233 e. The topological polar surface area (TPSA) is 49.0 Å². The molecule has 0 fully saturated rings. The van der Waals surface area contributed by atoms with E-state index in [1.807, 2.05) is 23.1 Å². The molecule has 4 aromatic rings. The summed E-state index contributed by atoms with van der Waals surface area (Å²) in [6, 6.07) is 27.0. The van der Waals surface area contributed by atoms with Crippen LogP contribution in [0.3, 0.4) is 0 Å². The number of hydrogen-bond donors (Lipinski definition) is 1. The number of H-pyrrole nitrogens is 1. The number of hydrogen-bond acceptors (Lipinski definition) is 3. The maximum atomic E-state index is 13.3. The highest BCUT2D eigenvalue weighted by atomic mass is 32.2. The maximum absolute atomic E-state index is 13.3. The number of thioether (sulfide) groups is 1. The summed E-state index contributed by atoms with van der Waals surface area (Å²) in [5, 5.41) is 0.748. The first-order valence-electron chi connectivity index (χ1n) is 11.9. The number of aromatic nitrogens is 2. The zero-order chi connectivity index (χ0) is 25.0. The molecule has 5 heteroatoms. The van der Waals surface area contributed by atoms with Crippen LogP contribution >= 0.6 is 11.8 Å². The van der Waals surface area contributed by atoms with Gasteiger partial charge in [-0.25, -0.2) is 4.98 Å². The van der Waals surface area contributed by atoms with Gasteiger partial charge in [0.25, 0.3) is 0 Å². The third-order valence-corrected chi connectivity index (χ3v) is 6.83. The minimum atomic E-state index is -0.281. The van der Waals surface area contributed by atoms with E-state index in [-0.39, 0.29) is 11.4 Å². The number of nitrogens with zero attached hydrogens (tertiary/aromatic N) is 2. The summed E-state index contributed by atoms with van der Waals surface area (Å²) < 4.78 is 0. The first-order chi connectivity index (χ1) is 16.7. The molecule has 0 radical (unpaired) electrons. The summed E-state index contributed by atoms with van der Waals surface area (Å²) in [4.78, 5) is 23.7. The van der Waals surface area contributed by atoms with E-state index < -0.39 is 0 Å². The van der Waals surface area contributed by atoms with Crippen molar-refractivity contribution in [2.45, 2.75) is 51.9 Å². The van der Waals surface area contributed by atoms with E-state index in [1.165, 1.54) is 22.9 Å². The van der Waals surface area contributed by atoms with Crippen LogP contribution in [-0.2, 0) is 11.3 Å². The van der Waals surface area contributed by atoms with E-state index in [2.05, 4.69) is 100 Å². The molecular formula is C30H33N3OS. The molecule has 0 spiro atoms. The fourth-order valence-electron chi connectivity index (χ4n) is 3.94. The molecule has 0 bridgehead atoms. The minimum Gasteiger partial charge on any atom is -0.333 e. The van der Waals surface area contributed by atoms with E-state index in [0.717, 1.165) is 33.2 Å². The van der Waals surface area contributed by atoms with Gasteiger partial charge < -0.3 is 9.88 Å². The van der Waals surface area contributed by atoms with Gasteiger partial charge in [0.1, 0.15) is 0 Å². The number of aromatic amines is 1. The normalized spacial score (nSPS) is 11.5. The van der Waals surface area contributed by atoms with Crippen LogP contribution in [0.1, 0.15) is 37.5 Å². The summed E-state index contributed by atoms with van der Waals surface area (Å²) in [5.74, 6) is 0.412. The molecule has 4 nitrogen and oxygen atoms in total. The van der Waals surface area contributed by atoms with Crippen molar-refractivity contribution >= 4 is 17.7 Å². The summed E-state index contributed by atoms with van der Waals surface area (Å²) in [6.07, 6.45) is 0. The van der Waals surface area contributed by atoms with Gasteiger partial charge in [0.2, 0.25) is 5.91 Å². The van der Waals surface area contributed by atoms with Crippen molar-refractivity contribution in [3.05, 3.63) is 95.6 Å². The van der Waals surface area contributed by atoms with Gasteiger partial charge in [-0.15, -0.1) is 0 Å². The summed E-state index contributed by atoms with van der Waals surface area (Å²) in [6.45, 7) is 11.0. The van der Waals surface area contributed by atoms with Crippen LogP contribution in [0.25, 0.3) is 22.5 Å². The fraction of sp³-hybridized carbons (Fsp3) is 0.267. The highest BCUT2D eigenvalue weighted by Gasteiger charge is 2.27. The average molecular weight is 484 g/mol. The van der Waals surface area contributed by atoms with Crippen molar-refractivity contribution in [3.8, 4) is 22.5 Å². The first-order valence-corrected chi connectivity index (χ1v) is 12.9. The molecule has 1 aromatic heterocycles. The smallest absolute Gasteiger partial charge is 0.233 e. The molecule has 3 aromatic carbocycles. The summed E-state index contributed by atoms with van der Waals surface area (Å²) in [5.41, 5.74) is 7.28. The molecule has 1 amide bonds. The Balaban J connectivity index is 1.58. The van der Waals surface area contributed by atoms with E-state index in [9.17, 15) is 4.79 Å². The number of nitrogens with one attached hydrogen (secondary N) is 1. The molecule has 35 heavy (non-hydrogen) atoms. The van der Waals surface area contributed by atoms with Gasteiger partial charge in [-0.3, -0.25) is 4.79 Å². The molecule has 0 aliphatic rings. The quantitative estimate of drug-likeness (QED) is 0.281. The van der Waals surface area contributed by atoms with Crippen LogP contribution < -0.4 is 0 Å². The lowest BCUT2D eigenvalue weighted by Crippen LogP contribution is -2.45. The van der Waals surface area contributed by atoms with Crippen molar-refractivity contribution in [2.24, 2.45) is 0 Å². The van der Waals surface area contributed by atoms with Crippen LogP contribution in [0, 0.1) is 13.8 Å². The number of aryl methyl sites for hydroxylation is 2. The van der Waals surface area contributed by atoms with E-state index in [4.69, 9.17) is 4.98 Å². The van der Waals surface area contributed by atoms with Gasteiger partial charge in [0.05, 0.1) is 17.1 Å². The Labute approximate surface area is 212 Å². The summed E-state index contributed by atoms with van der Waals surface area (Å²) in [7, 11) is 0. The minimum absolute atomic E-state index is 0.0940. The van der Waals surface area contributed by atoms with E-state index in [0.29, 0.717) is 12.3 Å². The molecule has 4 rings (SSSR count). The van der Waals surface area contributed by atoms with Crippen molar-refractivity contribution in [1.82, 2.24) is 14.9 Å². The number of benzene rings is 3. The van der Waals surface area contributed by atoms with Crippen molar-refractivity contribution in [3.63, 3.8) is 0 Å². The fourth-order valence-corrected chi connectivity index (χ4v) is 4.69. The number of rotatable bonds is 7. The molecular weight excluding hydrogens is 450 g/mol. The monoisotopic (exact) mass is 483 g/mol. The molecule has 0 saturated carbocycles. The molecule has 1 heterocycles. The Bertz CT molecular complexity index is 1210. The number of carbonyl (C=O) groups is 1. The van der Waals surface area contributed by atoms with Gasteiger partial charge in [-0.2, -0.15) is 0 Å². The molecule has 0 aliphatic heterocycles. The lowest BCUT2D eigenvalue weighted by molar-refractivity contribution is -0.133. The van der Waals surface area contributed by atoms with Gasteiger partial charge in [-0.05, 0) is 40.2 Å². The third kappa shape index (κ3) is 6.23. The number of amides is 1. The van der Waals surface area contributed by atoms with E-state index in [1.54, 1.807) is 0 Å². The lowest BCUT2D eigenvalue weighted by atomic mass is 10.0. The highest BCUT2D eigenvalue weighted by molar-refractivity contribution is 7.99. The largest absolute Gasteiger partial charge is 0.333 e. The average Bonchev–Trinajstić information content (AvgIpc) is 3.26. The molecule has 1 N–H and O–H groups in total. The van der Waals surface area contributed by atoms with Gasteiger partial charge in [0, 0.05) is 23.2 Å². The zero-order valence-corrected chi connectivity index (χ0v) is 21.9. The molecule has 0 saturated heterocycles. The predicted octanol–water partition coefficient (Wildman–Crippen LogP) is 7.28. The van der Waals surface area contributed by atoms with Crippen molar-refractivity contribution < 1.29 is 4.79 Å². The van der Waals surface area contributed by atoms with Crippen LogP contribution in [-0.4, -0.2) is 32.1 Å². The third-order valence-electron chi connectivity index (χ3n) is 5.97. The Morgan fingerprint density at radius 2 is 1.43 bits per heavy atom. The SMILES string of the molecule is Cc1ccc(-c2nc(SCC(=O)N(Cc3ccccc3)C(C)(C)C)[nH]c2-c2ccc(C)cc2)cc1. The number of carbonyl (C=O) groups excluding carboxylic acids is 1. The first kappa shape index (κ1) is 24.8. The van der Waals surface area contributed by atoms with Gasteiger partial charge in [-0.1, -0.05) is 102 Å². The Hall–Kier alpha value is -3.31. The van der Waals surface area contributed by atoms with E-state index >= 15 is 0 Å². The lowest BCUT2D eigenvalue weighted by Gasteiger charge is -2.36.